The van der Waals surface area contributed by atoms with Crippen molar-refractivity contribution in [3.63, 3.8) is 0 Å². The SMILES string of the molecule is [CH-]=C1C(C)=CC/C1=C/[C](=[W])C(C)(C)C. The second kappa shape index (κ2) is 4.11. The molecule has 0 heterocycles. The molecule has 0 aromatic carbocycles. The van der Waals surface area contributed by atoms with Crippen LogP contribution >= 0.6 is 0 Å². The average Bonchev–Trinajstić information content (AvgIpc) is 2.34. The quantitative estimate of drug-likeness (QED) is 0.632. The summed E-state index contributed by atoms with van der Waals surface area (Å²) in [4.78, 5) is 0. The molecule has 0 atom stereocenters. The molecule has 0 amide bonds. The molecule has 1 rings (SSSR count). The first-order valence-corrected chi connectivity index (χ1v) is 6.34. The van der Waals surface area contributed by atoms with E-state index in [1.807, 2.05) is 0 Å². The van der Waals surface area contributed by atoms with Crippen LogP contribution in [0.4, 0.5) is 0 Å². The Labute approximate surface area is 98.2 Å². The van der Waals surface area contributed by atoms with E-state index >= 15 is 0 Å². The first-order chi connectivity index (χ1) is 6.32. The maximum atomic E-state index is 5.99. The molecule has 76 valence electrons. The van der Waals surface area contributed by atoms with E-state index in [1.165, 1.54) is 34.4 Å². The topological polar surface area (TPSA) is 0 Å². The van der Waals surface area contributed by atoms with Crippen molar-refractivity contribution in [1.82, 2.24) is 0 Å². The molecule has 0 aromatic rings. The molecule has 14 heavy (non-hydrogen) atoms. The van der Waals surface area contributed by atoms with Crippen molar-refractivity contribution in [3.8, 4) is 0 Å². The predicted molar refractivity (Wildman–Crippen MR) is 58.7 cm³/mol. The molecule has 0 unspecified atom stereocenters. The molecule has 0 nitrogen and oxygen atoms in total. The van der Waals surface area contributed by atoms with Crippen LogP contribution in [0, 0.1) is 12.0 Å². The van der Waals surface area contributed by atoms with Gasteiger partial charge in [0.1, 0.15) is 0 Å². The van der Waals surface area contributed by atoms with Crippen LogP contribution < -0.4 is 0 Å². The van der Waals surface area contributed by atoms with E-state index in [2.05, 4.69) is 39.8 Å². The molecule has 1 heteroatoms. The third-order valence-electron chi connectivity index (χ3n) is 2.44. The second-order valence-corrected chi connectivity index (χ2v) is 6.37. The fourth-order valence-electron chi connectivity index (χ4n) is 1.25. The van der Waals surface area contributed by atoms with Crippen LogP contribution in [0.5, 0.6) is 0 Å². The molecule has 0 bridgehead atoms. The number of rotatable bonds is 1. The molecular weight excluding hydrogens is 340 g/mol. The summed E-state index contributed by atoms with van der Waals surface area (Å²) in [6.45, 7) is 14.8. The minimum absolute atomic E-state index is 0.277. The van der Waals surface area contributed by atoms with Gasteiger partial charge >= 0.3 is 98.2 Å². The Morgan fingerprint density at radius 3 is 2.43 bits per heavy atom. The Morgan fingerprint density at radius 1 is 1.50 bits per heavy atom. The van der Waals surface area contributed by atoms with E-state index in [4.69, 9.17) is 6.58 Å². The monoisotopic (exact) mass is 357 g/mol. The van der Waals surface area contributed by atoms with Gasteiger partial charge in [0.25, 0.3) is 0 Å². The van der Waals surface area contributed by atoms with Crippen LogP contribution in [0.1, 0.15) is 34.1 Å². The number of hydrogen-bond donors (Lipinski definition) is 0. The van der Waals surface area contributed by atoms with Crippen molar-refractivity contribution in [2.45, 2.75) is 34.1 Å². The van der Waals surface area contributed by atoms with Gasteiger partial charge in [0.15, 0.2) is 0 Å². The molecule has 0 fully saturated rings. The van der Waals surface area contributed by atoms with E-state index in [-0.39, 0.29) is 5.41 Å². The van der Waals surface area contributed by atoms with Gasteiger partial charge in [-0.05, 0) is 0 Å². The van der Waals surface area contributed by atoms with Crippen molar-refractivity contribution < 1.29 is 19.4 Å². The second-order valence-electron chi connectivity index (χ2n) is 4.79. The molecule has 0 aromatic heterocycles. The molecule has 0 saturated heterocycles. The van der Waals surface area contributed by atoms with Gasteiger partial charge < -0.3 is 0 Å². The minimum atomic E-state index is 0.277. The molecule has 1 aliphatic rings. The summed E-state index contributed by atoms with van der Waals surface area (Å²) < 4.78 is 1.47. The molecule has 0 spiro atoms. The summed E-state index contributed by atoms with van der Waals surface area (Å²) in [5.74, 6) is 0. The summed E-state index contributed by atoms with van der Waals surface area (Å²) in [5.41, 5.74) is 3.78. The van der Waals surface area contributed by atoms with E-state index in [0.717, 1.165) is 12.0 Å². The van der Waals surface area contributed by atoms with Crippen LogP contribution in [-0.2, 0) is 19.4 Å². The van der Waals surface area contributed by atoms with Gasteiger partial charge in [-0.1, -0.05) is 0 Å². The van der Waals surface area contributed by atoms with Crippen LogP contribution in [0.2, 0.25) is 0 Å². The van der Waals surface area contributed by atoms with Gasteiger partial charge in [0, 0.05) is 0 Å². The van der Waals surface area contributed by atoms with Crippen molar-refractivity contribution in [1.29, 1.82) is 0 Å². The van der Waals surface area contributed by atoms with Crippen molar-refractivity contribution >= 4 is 3.90 Å². The molecule has 0 radical (unpaired) electrons. The van der Waals surface area contributed by atoms with Crippen molar-refractivity contribution in [2.75, 3.05) is 0 Å². The average molecular weight is 357 g/mol. The van der Waals surface area contributed by atoms with E-state index < -0.39 is 0 Å². The zero-order chi connectivity index (χ0) is 10.9. The number of allylic oxidation sites excluding steroid dienone is 5. The molecule has 0 aliphatic heterocycles. The van der Waals surface area contributed by atoms with Gasteiger partial charge in [0.2, 0.25) is 0 Å². The molecule has 0 N–H and O–H groups in total. The summed E-state index contributed by atoms with van der Waals surface area (Å²) in [6.07, 6.45) is 5.48. The van der Waals surface area contributed by atoms with E-state index in [9.17, 15) is 0 Å². The standard InChI is InChI=1S/C13H17.W/c1-10-6-7-12(11(10)2)8-9-13(3,4)5;/h2,6,8H,7H2,1,3-5H3;/q-1;/b12-8-;. The molecule has 1 aliphatic carbocycles. The summed E-state index contributed by atoms with van der Waals surface area (Å²) in [7, 11) is 0. The van der Waals surface area contributed by atoms with Gasteiger partial charge in [-0.2, -0.15) is 0 Å². The normalized spacial score (nSPS) is 20.1. The van der Waals surface area contributed by atoms with E-state index in [0.29, 0.717) is 0 Å². The van der Waals surface area contributed by atoms with Crippen molar-refractivity contribution in [3.05, 3.63) is 35.5 Å². The van der Waals surface area contributed by atoms with Gasteiger partial charge in [-0.25, -0.2) is 0 Å². The number of hydrogen-bond acceptors (Lipinski definition) is 0. The van der Waals surface area contributed by atoms with Crippen molar-refractivity contribution in [2.24, 2.45) is 5.41 Å². The summed E-state index contributed by atoms with van der Waals surface area (Å²) in [5, 5.41) is 0. The van der Waals surface area contributed by atoms with Gasteiger partial charge in [-0.15, -0.1) is 0 Å². The first-order valence-electron chi connectivity index (χ1n) is 4.87. The van der Waals surface area contributed by atoms with Crippen LogP contribution in [0.15, 0.2) is 28.9 Å². The zero-order valence-electron chi connectivity index (χ0n) is 9.35. The van der Waals surface area contributed by atoms with Crippen LogP contribution in [0.3, 0.4) is 0 Å². The zero-order valence-corrected chi connectivity index (χ0v) is 12.3. The molecular formula is C13H17W-. The maximum absolute atomic E-state index is 5.99. The van der Waals surface area contributed by atoms with Gasteiger partial charge in [-0.3, -0.25) is 0 Å². The predicted octanol–water partition coefficient (Wildman–Crippen LogP) is 3.39. The van der Waals surface area contributed by atoms with E-state index in [1.54, 1.807) is 0 Å². The summed E-state index contributed by atoms with van der Waals surface area (Å²) in [6, 6.07) is 0. The Balaban J connectivity index is 2.84. The Hall–Kier alpha value is -0.222. The third-order valence-corrected chi connectivity index (χ3v) is 5.07. The third kappa shape index (κ3) is 2.64. The van der Waals surface area contributed by atoms with Gasteiger partial charge in [0.05, 0.1) is 0 Å². The fourth-order valence-corrected chi connectivity index (χ4v) is 1.76. The Bertz CT molecular complexity index is 335. The molecule has 0 saturated carbocycles. The first kappa shape index (κ1) is 11.9. The van der Waals surface area contributed by atoms with Crippen LogP contribution in [-0.4, -0.2) is 3.90 Å². The Kier molecular flexibility index (Phi) is 3.48. The van der Waals surface area contributed by atoms with Crippen LogP contribution in [0.25, 0.3) is 0 Å². The Morgan fingerprint density at radius 2 is 2.07 bits per heavy atom. The fraction of sp³-hybridized carbons (Fsp3) is 0.462. The summed E-state index contributed by atoms with van der Waals surface area (Å²) >= 11 is 1.54.